The molecule has 96 valence electrons. The second kappa shape index (κ2) is 10.8. The van der Waals surface area contributed by atoms with Crippen LogP contribution in [-0.2, 0) is 0 Å². The van der Waals surface area contributed by atoms with Crippen LogP contribution >= 0.6 is 22.9 Å². The van der Waals surface area contributed by atoms with Gasteiger partial charge in [-0.3, -0.25) is 3.53 Å². The third-order valence-corrected chi connectivity index (χ3v) is 4.64. The molecule has 0 amide bonds. The van der Waals surface area contributed by atoms with E-state index in [0.29, 0.717) is 0 Å². The van der Waals surface area contributed by atoms with Gasteiger partial charge in [0.15, 0.2) is 0 Å². The average Bonchev–Trinajstić information content (AvgIpc) is 2.32. The summed E-state index contributed by atoms with van der Waals surface area (Å²) in [4.78, 5) is 0. The van der Waals surface area contributed by atoms with E-state index in [9.17, 15) is 0 Å². The lowest BCUT2D eigenvalue weighted by Crippen LogP contribution is -2.19. The van der Waals surface area contributed by atoms with Crippen LogP contribution in [0.25, 0.3) is 0 Å². The van der Waals surface area contributed by atoms with Gasteiger partial charge in [0.1, 0.15) is 0 Å². The van der Waals surface area contributed by atoms with Crippen molar-refractivity contribution in [1.82, 2.24) is 3.53 Å². The van der Waals surface area contributed by atoms with Gasteiger partial charge < -0.3 is 0 Å². The summed E-state index contributed by atoms with van der Waals surface area (Å²) < 4.78 is 3.45. The standard InChI is InChI=1S/C14H28IN/c15-16-14-12-10-8-6-4-2-1-3-5-7-9-11-13-14/h14,16H,1-13H2. The van der Waals surface area contributed by atoms with Crippen LogP contribution in [0.1, 0.15) is 83.5 Å². The molecule has 2 heteroatoms. The maximum Gasteiger partial charge on any atom is 0.0172 e. The van der Waals surface area contributed by atoms with Gasteiger partial charge >= 0.3 is 0 Å². The van der Waals surface area contributed by atoms with Crippen LogP contribution in [0, 0.1) is 0 Å². The molecule has 1 saturated carbocycles. The molecule has 1 rings (SSSR count). The molecule has 0 heterocycles. The van der Waals surface area contributed by atoms with E-state index >= 15 is 0 Å². The predicted octanol–water partition coefficient (Wildman–Crippen LogP) is 5.38. The maximum atomic E-state index is 3.45. The Labute approximate surface area is 116 Å². The van der Waals surface area contributed by atoms with Gasteiger partial charge in [-0.05, 0) is 12.8 Å². The molecule has 0 aliphatic heterocycles. The molecule has 0 spiro atoms. The summed E-state index contributed by atoms with van der Waals surface area (Å²) in [5.41, 5.74) is 0. The van der Waals surface area contributed by atoms with Gasteiger partial charge in [0, 0.05) is 28.9 Å². The van der Waals surface area contributed by atoms with Gasteiger partial charge in [-0.25, -0.2) is 0 Å². The molecule has 0 saturated heterocycles. The van der Waals surface area contributed by atoms with Crippen LogP contribution < -0.4 is 3.53 Å². The molecule has 1 fully saturated rings. The zero-order chi connectivity index (χ0) is 11.5. The van der Waals surface area contributed by atoms with Crippen molar-refractivity contribution in [1.29, 1.82) is 0 Å². The Morgan fingerprint density at radius 1 is 0.562 bits per heavy atom. The topological polar surface area (TPSA) is 12.0 Å². The van der Waals surface area contributed by atoms with Crippen molar-refractivity contribution in [2.24, 2.45) is 0 Å². The van der Waals surface area contributed by atoms with Gasteiger partial charge in [-0.15, -0.1) is 0 Å². The van der Waals surface area contributed by atoms with E-state index in [4.69, 9.17) is 0 Å². The van der Waals surface area contributed by atoms with Crippen LogP contribution in [0.4, 0.5) is 0 Å². The van der Waals surface area contributed by atoms with Crippen LogP contribution in [0.3, 0.4) is 0 Å². The van der Waals surface area contributed by atoms with E-state index in [-0.39, 0.29) is 0 Å². The molecule has 0 bridgehead atoms. The molecule has 0 aromatic rings. The third kappa shape index (κ3) is 7.88. The molecule has 0 aromatic heterocycles. The molecule has 1 aliphatic rings. The Bertz CT molecular complexity index is 136. The smallest absolute Gasteiger partial charge is 0.0172 e. The first-order valence-corrected chi connectivity index (χ1v) is 8.37. The lowest BCUT2D eigenvalue weighted by molar-refractivity contribution is 0.460. The highest BCUT2D eigenvalue weighted by molar-refractivity contribution is 14.1. The van der Waals surface area contributed by atoms with Gasteiger partial charge in [0.25, 0.3) is 0 Å². The zero-order valence-electron chi connectivity index (χ0n) is 10.6. The number of hydrogen-bond acceptors (Lipinski definition) is 1. The minimum absolute atomic E-state index is 0.781. The summed E-state index contributed by atoms with van der Waals surface area (Å²) in [5, 5.41) is 0. The fraction of sp³-hybridized carbons (Fsp3) is 1.00. The highest BCUT2D eigenvalue weighted by atomic mass is 127. The van der Waals surface area contributed by atoms with Crippen LogP contribution in [0.2, 0.25) is 0 Å². The number of hydrogen-bond donors (Lipinski definition) is 1. The molecule has 1 N–H and O–H groups in total. The summed E-state index contributed by atoms with van der Waals surface area (Å²) in [7, 11) is 0. The van der Waals surface area contributed by atoms with Crippen molar-refractivity contribution in [3.05, 3.63) is 0 Å². The van der Waals surface area contributed by atoms with E-state index in [0.717, 1.165) is 6.04 Å². The first-order valence-electron chi connectivity index (χ1n) is 7.29. The monoisotopic (exact) mass is 337 g/mol. The average molecular weight is 337 g/mol. The summed E-state index contributed by atoms with van der Waals surface area (Å²) in [5.74, 6) is 0. The van der Waals surface area contributed by atoms with Gasteiger partial charge in [0.2, 0.25) is 0 Å². The first kappa shape index (κ1) is 14.7. The van der Waals surface area contributed by atoms with Crippen molar-refractivity contribution < 1.29 is 0 Å². The quantitative estimate of drug-likeness (QED) is 0.500. The molecule has 0 atom stereocenters. The molecule has 0 unspecified atom stereocenters. The Balaban J connectivity index is 2.16. The number of nitrogens with one attached hydrogen (secondary N) is 1. The number of halogens is 1. The predicted molar refractivity (Wildman–Crippen MR) is 81.0 cm³/mol. The fourth-order valence-electron chi connectivity index (χ4n) is 2.63. The highest BCUT2D eigenvalue weighted by Gasteiger charge is 2.06. The Hall–Kier alpha value is 0.690. The van der Waals surface area contributed by atoms with Crippen LogP contribution in [0.15, 0.2) is 0 Å². The van der Waals surface area contributed by atoms with Crippen molar-refractivity contribution in [3.8, 4) is 0 Å². The Morgan fingerprint density at radius 3 is 1.19 bits per heavy atom. The van der Waals surface area contributed by atoms with Crippen molar-refractivity contribution in [2.45, 2.75) is 89.5 Å². The largest absolute Gasteiger partial charge is 0.258 e. The van der Waals surface area contributed by atoms with E-state index in [1.54, 1.807) is 0 Å². The van der Waals surface area contributed by atoms with Crippen molar-refractivity contribution >= 4 is 22.9 Å². The molecule has 16 heavy (non-hydrogen) atoms. The minimum atomic E-state index is 0.781. The summed E-state index contributed by atoms with van der Waals surface area (Å²) in [6, 6.07) is 0.781. The Morgan fingerprint density at radius 2 is 0.875 bits per heavy atom. The maximum absolute atomic E-state index is 3.45. The lowest BCUT2D eigenvalue weighted by Gasteiger charge is -2.15. The third-order valence-electron chi connectivity index (χ3n) is 3.76. The van der Waals surface area contributed by atoms with E-state index in [1.165, 1.54) is 83.5 Å². The summed E-state index contributed by atoms with van der Waals surface area (Å²) in [6.45, 7) is 0. The normalized spacial score (nSPS) is 23.8. The van der Waals surface area contributed by atoms with E-state index in [2.05, 4.69) is 26.4 Å². The molecular weight excluding hydrogens is 309 g/mol. The van der Waals surface area contributed by atoms with Crippen LogP contribution in [-0.4, -0.2) is 6.04 Å². The molecule has 1 nitrogen and oxygen atoms in total. The number of rotatable bonds is 1. The fourth-order valence-corrected chi connectivity index (χ4v) is 3.25. The van der Waals surface area contributed by atoms with E-state index in [1.807, 2.05) is 0 Å². The lowest BCUT2D eigenvalue weighted by atomic mass is 9.99. The zero-order valence-corrected chi connectivity index (χ0v) is 12.8. The summed E-state index contributed by atoms with van der Waals surface area (Å²) >= 11 is 2.34. The van der Waals surface area contributed by atoms with Crippen molar-refractivity contribution in [2.75, 3.05) is 0 Å². The van der Waals surface area contributed by atoms with Gasteiger partial charge in [-0.1, -0.05) is 70.6 Å². The SMILES string of the molecule is INC1CCCCCCCCCCCCC1. The second-order valence-corrected chi connectivity index (χ2v) is 5.90. The highest BCUT2D eigenvalue weighted by Crippen LogP contribution is 2.17. The Kier molecular flexibility index (Phi) is 9.97. The van der Waals surface area contributed by atoms with E-state index < -0.39 is 0 Å². The summed E-state index contributed by atoms with van der Waals surface area (Å²) in [6.07, 6.45) is 18.9. The molecule has 0 aromatic carbocycles. The minimum Gasteiger partial charge on any atom is -0.258 e. The molecule has 1 aliphatic carbocycles. The van der Waals surface area contributed by atoms with Gasteiger partial charge in [0.05, 0.1) is 0 Å². The first-order chi connectivity index (χ1) is 7.93. The second-order valence-electron chi connectivity index (χ2n) is 5.27. The van der Waals surface area contributed by atoms with Crippen LogP contribution in [0.5, 0.6) is 0 Å². The van der Waals surface area contributed by atoms with Crippen molar-refractivity contribution in [3.63, 3.8) is 0 Å². The molecular formula is C14H28IN. The molecule has 0 radical (unpaired) electrons. The van der Waals surface area contributed by atoms with Gasteiger partial charge in [-0.2, -0.15) is 0 Å².